The molecule has 5 atom stereocenters. The lowest BCUT2D eigenvalue weighted by Gasteiger charge is -2.37. The van der Waals surface area contributed by atoms with Crippen molar-refractivity contribution in [2.45, 2.75) is 192 Å². The Bertz CT molecular complexity index is 1550. The molecule has 59 heavy (non-hydrogen) atoms. The predicted molar refractivity (Wildman–Crippen MR) is 249 cm³/mol. The van der Waals surface area contributed by atoms with Crippen molar-refractivity contribution < 1.29 is 23.3 Å². The molecule has 0 aliphatic carbocycles. The molecule has 1 amide bonds. The van der Waals surface area contributed by atoms with Crippen molar-refractivity contribution in [2.24, 2.45) is 0 Å². The van der Waals surface area contributed by atoms with Crippen molar-refractivity contribution in [3.8, 4) is 11.9 Å². The van der Waals surface area contributed by atoms with Gasteiger partial charge >= 0.3 is 0 Å². The first-order valence-corrected chi connectivity index (χ1v) is 29.7. The van der Waals surface area contributed by atoms with Crippen LogP contribution in [0.1, 0.15) is 137 Å². The summed E-state index contributed by atoms with van der Waals surface area (Å²) in [5, 5.41) is 16.3. The molecule has 2 aromatic heterocycles. The van der Waals surface area contributed by atoms with Crippen LogP contribution < -0.4 is 15.4 Å². The van der Waals surface area contributed by atoms with Crippen LogP contribution in [0.3, 0.4) is 0 Å². The van der Waals surface area contributed by atoms with Crippen LogP contribution in [0.15, 0.2) is 6.33 Å². The summed E-state index contributed by atoms with van der Waals surface area (Å²) in [5.74, 6) is 2.45. The van der Waals surface area contributed by atoms with E-state index in [1.807, 2.05) is 26.2 Å². The average molecular weight is 895 g/mol. The van der Waals surface area contributed by atoms with Gasteiger partial charge in [-0.15, -0.1) is 0 Å². The minimum Gasteiger partial charge on any atom is -0.476 e. The number of carbonyl (C=O) groups excluding carboxylic acids is 1. The molecule has 0 saturated carbocycles. The summed E-state index contributed by atoms with van der Waals surface area (Å²) in [5.41, 5.74) is 1.33. The molecule has 0 radical (unpaired) electrons. The number of amides is 1. The largest absolute Gasteiger partial charge is 0.476 e. The SMILES string of the molecule is CC[C@H]1O[C@@H](n2cnc3c(OCC[Si](C)(C)C)nc(NCCCCCCCCCCCCNC(=O)CC4CCSS4)nc32)CC1OP(OCCC#N)N(C(C)C)C(C)C. The maximum atomic E-state index is 12.1. The van der Waals surface area contributed by atoms with Gasteiger partial charge in [-0.05, 0) is 59.4 Å². The lowest BCUT2D eigenvalue weighted by molar-refractivity contribution is -0.121. The number of fused-ring (bicyclic) bond motifs is 1. The zero-order valence-corrected chi connectivity index (χ0v) is 40.9. The second kappa shape index (κ2) is 26.7. The summed E-state index contributed by atoms with van der Waals surface area (Å²) in [4.78, 5) is 26.7. The van der Waals surface area contributed by atoms with E-state index in [1.54, 1.807) is 6.33 Å². The molecule has 2 aromatic rings. The smallest absolute Gasteiger partial charge is 0.259 e. The molecule has 2 aliphatic rings. The van der Waals surface area contributed by atoms with Crippen molar-refractivity contribution in [1.29, 1.82) is 5.26 Å². The van der Waals surface area contributed by atoms with Gasteiger partial charge in [-0.1, -0.05) is 99.5 Å². The Hall–Kier alpha value is -1.70. The van der Waals surface area contributed by atoms with Gasteiger partial charge in [0.05, 0.1) is 44.2 Å². The third-order valence-electron chi connectivity index (χ3n) is 10.6. The van der Waals surface area contributed by atoms with Crippen LogP contribution in [0.25, 0.3) is 11.2 Å². The number of nitriles is 1. The van der Waals surface area contributed by atoms with Crippen molar-refractivity contribution in [3.63, 3.8) is 0 Å². The van der Waals surface area contributed by atoms with Gasteiger partial charge in [0.25, 0.3) is 8.53 Å². The number of nitrogens with zero attached hydrogens (tertiary/aromatic N) is 6. The highest BCUT2D eigenvalue weighted by molar-refractivity contribution is 8.77. The summed E-state index contributed by atoms with van der Waals surface area (Å²) >= 11 is 0. The lowest BCUT2D eigenvalue weighted by atomic mass is 10.1. The Labute approximate surface area is 365 Å². The number of ether oxygens (including phenoxy) is 2. The van der Waals surface area contributed by atoms with Crippen molar-refractivity contribution >= 4 is 61.2 Å². The molecule has 0 aromatic carbocycles. The van der Waals surface area contributed by atoms with Gasteiger partial charge in [-0.3, -0.25) is 9.36 Å². The highest BCUT2D eigenvalue weighted by atomic mass is 33.1. The van der Waals surface area contributed by atoms with Crippen LogP contribution in [0.5, 0.6) is 5.88 Å². The van der Waals surface area contributed by atoms with Crippen LogP contribution in [0.4, 0.5) is 5.95 Å². The van der Waals surface area contributed by atoms with Gasteiger partial charge in [0.1, 0.15) is 6.23 Å². The number of hydrogen-bond donors (Lipinski definition) is 2. The van der Waals surface area contributed by atoms with E-state index in [0.717, 1.165) is 51.2 Å². The van der Waals surface area contributed by atoms with E-state index in [0.29, 0.717) is 60.7 Å². The van der Waals surface area contributed by atoms with Crippen LogP contribution >= 0.6 is 30.1 Å². The Balaban J connectivity index is 1.27. The fourth-order valence-corrected chi connectivity index (χ4v) is 12.7. The van der Waals surface area contributed by atoms with Crippen molar-refractivity contribution in [2.75, 3.05) is 37.4 Å². The summed E-state index contributed by atoms with van der Waals surface area (Å²) in [7, 11) is 1.04. The molecular weight excluding hydrogens is 820 g/mol. The highest BCUT2D eigenvalue weighted by Gasteiger charge is 2.41. The van der Waals surface area contributed by atoms with Gasteiger partial charge in [-0.25, -0.2) is 9.65 Å². The molecule has 2 fully saturated rings. The van der Waals surface area contributed by atoms with Gasteiger partial charge in [0, 0.05) is 57.1 Å². The summed E-state index contributed by atoms with van der Waals surface area (Å²) in [6.07, 6.45) is 16.7. The van der Waals surface area contributed by atoms with E-state index in [-0.39, 0.29) is 36.4 Å². The minimum atomic E-state index is -1.41. The first kappa shape index (κ1) is 49.9. The average Bonchev–Trinajstić information content (AvgIpc) is 3.94. The Kier molecular flexibility index (Phi) is 22.6. The first-order chi connectivity index (χ1) is 28.4. The lowest BCUT2D eigenvalue weighted by Crippen LogP contribution is -2.35. The second-order valence-corrected chi connectivity index (χ2v) is 27.5. The minimum absolute atomic E-state index is 0.134. The quantitative estimate of drug-likeness (QED) is 0.0332. The summed E-state index contributed by atoms with van der Waals surface area (Å²) in [6.45, 7) is 20.3. The van der Waals surface area contributed by atoms with Gasteiger partial charge < -0.3 is 29.2 Å². The zero-order chi connectivity index (χ0) is 42.6. The number of nitrogens with one attached hydrogen (secondary N) is 2. The molecule has 4 rings (SSSR count). The topological polar surface area (TPSA) is 149 Å². The number of hydrogen-bond acceptors (Lipinski definition) is 13. The van der Waals surface area contributed by atoms with Gasteiger partial charge in [-0.2, -0.15) is 15.2 Å². The molecule has 3 unspecified atom stereocenters. The molecule has 4 heterocycles. The van der Waals surface area contributed by atoms with E-state index in [2.05, 4.69) is 75.6 Å². The number of rotatable bonds is 30. The van der Waals surface area contributed by atoms with E-state index in [4.69, 9.17) is 33.5 Å². The third kappa shape index (κ3) is 17.5. The monoisotopic (exact) mass is 894 g/mol. The highest BCUT2D eigenvalue weighted by Crippen LogP contribution is 2.50. The fraction of sp³-hybridized carbons (Fsp3) is 0.833. The Morgan fingerprint density at radius 2 is 1.71 bits per heavy atom. The van der Waals surface area contributed by atoms with E-state index in [9.17, 15) is 10.1 Å². The molecule has 2 N–H and O–H groups in total. The van der Waals surface area contributed by atoms with Crippen LogP contribution in [0.2, 0.25) is 25.7 Å². The van der Waals surface area contributed by atoms with Crippen molar-refractivity contribution in [3.05, 3.63) is 6.33 Å². The number of anilines is 1. The number of imidazole rings is 1. The predicted octanol–water partition coefficient (Wildman–Crippen LogP) is 10.9. The molecule has 0 spiro atoms. The molecule has 0 bridgehead atoms. The van der Waals surface area contributed by atoms with Crippen LogP contribution in [0, 0.1) is 11.3 Å². The van der Waals surface area contributed by atoms with E-state index >= 15 is 0 Å². The van der Waals surface area contributed by atoms with Crippen molar-refractivity contribution in [1.82, 2.24) is 29.5 Å². The maximum Gasteiger partial charge on any atom is 0.259 e. The van der Waals surface area contributed by atoms with E-state index < -0.39 is 16.6 Å². The van der Waals surface area contributed by atoms with E-state index in [1.165, 1.54) is 50.7 Å². The molecule has 334 valence electrons. The number of unbranched alkanes of at least 4 members (excludes halogenated alkanes) is 9. The fourth-order valence-electron chi connectivity index (χ4n) is 7.37. The molecular formula is C42H75N8O5PS2Si. The zero-order valence-electron chi connectivity index (χ0n) is 37.4. The second-order valence-electron chi connectivity index (χ2n) is 17.6. The Morgan fingerprint density at radius 1 is 1.03 bits per heavy atom. The maximum absolute atomic E-state index is 12.1. The molecule has 2 saturated heterocycles. The van der Waals surface area contributed by atoms with Crippen LogP contribution in [-0.2, 0) is 18.6 Å². The first-order valence-electron chi connectivity index (χ1n) is 22.5. The molecule has 13 nitrogen and oxygen atoms in total. The standard InChI is InChI=1S/C42H75N8O5PS2Si/c1-9-35-36(55-56(53-25-20-22-43)50(32(2)3)33(4)5)30-38(54-35)49-31-46-39-40(49)47-42(48-41(39)52-26-28-59(6,7)8)45-24-19-17-15-13-11-10-12-14-16-18-23-44-37(51)29-34-21-27-57-58-34/h31-36,38H,9-21,23-30H2,1-8H3,(H,44,51)(H,45,47,48)/t34?,35-,36?,38-,56?/m1/s1. The molecule has 17 heteroatoms. The Morgan fingerprint density at radius 3 is 2.32 bits per heavy atom. The number of carbonyl (C=O) groups is 1. The third-order valence-corrected chi connectivity index (χ3v) is 17.4. The van der Waals surface area contributed by atoms with Crippen LogP contribution in [-0.4, -0.2) is 99.8 Å². The molecule has 2 aliphatic heterocycles. The number of aromatic nitrogens is 4. The summed E-state index contributed by atoms with van der Waals surface area (Å²) in [6, 6.07) is 3.64. The van der Waals surface area contributed by atoms with Gasteiger partial charge in [0.2, 0.25) is 17.7 Å². The normalized spacial score (nSPS) is 20.2. The summed E-state index contributed by atoms with van der Waals surface area (Å²) < 4.78 is 30.3. The van der Waals surface area contributed by atoms with Gasteiger partial charge in [0.15, 0.2) is 11.2 Å².